The topological polar surface area (TPSA) is 45.4 Å². The van der Waals surface area contributed by atoms with E-state index in [2.05, 4.69) is 26.1 Å². The van der Waals surface area contributed by atoms with Gasteiger partial charge in [-0.1, -0.05) is 33.0 Å². The average molecular weight is 452 g/mol. The zero-order valence-corrected chi connectivity index (χ0v) is 19.5. The number of aromatic nitrogens is 1. The molecule has 2 N–H and O–H groups in total. The second-order valence-corrected chi connectivity index (χ2v) is 8.77. The largest absolute Gasteiger partial charge is 0.502 e. The molecule has 1 heterocycles. The average Bonchev–Trinajstić information content (AvgIpc) is 2.75. The molecule has 0 aliphatic rings. The standard InChI is InChI=1S/C26H27FN2O2S/c1-5-31-22-12-10-21(11-13-22)28-25(32)23(24(30)18-6-8-20(27)9-7-18)29-16-14-19(15-17-29)26(2,3)4/h6-17H,5H2,1-4H3,(H-,28,30,32)/p+1. The van der Waals surface area contributed by atoms with Gasteiger partial charge in [0, 0.05) is 23.4 Å². The molecule has 2 aromatic carbocycles. The van der Waals surface area contributed by atoms with Crippen LogP contribution in [0.5, 0.6) is 5.75 Å². The van der Waals surface area contributed by atoms with Crippen LogP contribution in [-0.2, 0) is 5.41 Å². The van der Waals surface area contributed by atoms with Crippen LogP contribution < -0.4 is 14.6 Å². The van der Waals surface area contributed by atoms with Gasteiger partial charge in [0.25, 0.3) is 5.70 Å². The zero-order chi connectivity index (χ0) is 23.3. The number of hydrogen-bond acceptors (Lipinski definition) is 3. The lowest BCUT2D eigenvalue weighted by Gasteiger charge is -2.18. The van der Waals surface area contributed by atoms with Crippen molar-refractivity contribution in [3.05, 3.63) is 90.0 Å². The van der Waals surface area contributed by atoms with Crippen LogP contribution in [0.25, 0.3) is 11.5 Å². The normalized spacial score (nSPS) is 12.2. The smallest absolute Gasteiger partial charge is 0.288 e. The summed E-state index contributed by atoms with van der Waals surface area (Å²) >= 11 is 5.68. The molecule has 3 aromatic rings. The van der Waals surface area contributed by atoms with Crippen molar-refractivity contribution in [2.75, 3.05) is 11.9 Å². The molecule has 3 rings (SSSR count). The minimum atomic E-state index is -0.375. The number of nitrogens with one attached hydrogen (secondary N) is 1. The van der Waals surface area contributed by atoms with Crippen molar-refractivity contribution < 1.29 is 18.8 Å². The first-order valence-corrected chi connectivity index (χ1v) is 10.9. The molecule has 0 radical (unpaired) electrons. The van der Waals surface area contributed by atoms with Crippen LogP contribution in [0, 0.1) is 5.82 Å². The second-order valence-electron chi connectivity index (χ2n) is 8.36. The fourth-order valence-electron chi connectivity index (χ4n) is 3.16. The number of benzene rings is 2. The molecule has 0 aliphatic carbocycles. The Labute approximate surface area is 194 Å². The van der Waals surface area contributed by atoms with Crippen LogP contribution in [0.3, 0.4) is 0 Å². The van der Waals surface area contributed by atoms with E-state index >= 15 is 0 Å². The Morgan fingerprint density at radius 1 is 1.00 bits per heavy atom. The van der Waals surface area contributed by atoms with Gasteiger partial charge in [-0.2, -0.15) is 4.57 Å². The van der Waals surface area contributed by atoms with Gasteiger partial charge < -0.3 is 15.2 Å². The fourth-order valence-corrected chi connectivity index (χ4v) is 3.48. The maximum atomic E-state index is 13.4. The predicted octanol–water partition coefficient (Wildman–Crippen LogP) is 6.13. The summed E-state index contributed by atoms with van der Waals surface area (Å²) in [5.74, 6) is 0.336. The van der Waals surface area contributed by atoms with Crippen molar-refractivity contribution in [3.63, 3.8) is 0 Å². The molecule has 0 saturated carbocycles. The van der Waals surface area contributed by atoms with E-state index in [1.54, 1.807) is 4.57 Å². The number of rotatable bonds is 6. The van der Waals surface area contributed by atoms with E-state index in [9.17, 15) is 9.50 Å². The molecule has 0 aliphatic heterocycles. The van der Waals surface area contributed by atoms with Gasteiger partial charge in [-0.3, -0.25) is 0 Å². The Kier molecular flexibility index (Phi) is 7.26. The van der Waals surface area contributed by atoms with Crippen molar-refractivity contribution in [3.8, 4) is 5.75 Å². The Bertz CT molecular complexity index is 1100. The molecule has 4 nitrogen and oxygen atoms in total. The lowest BCUT2D eigenvalue weighted by molar-refractivity contribution is -0.575. The van der Waals surface area contributed by atoms with Gasteiger partial charge in [0.2, 0.25) is 0 Å². The van der Waals surface area contributed by atoms with E-state index in [-0.39, 0.29) is 17.0 Å². The highest BCUT2D eigenvalue weighted by atomic mass is 32.1. The molecule has 166 valence electrons. The van der Waals surface area contributed by atoms with Gasteiger partial charge in [0.05, 0.1) is 6.61 Å². The molecule has 0 spiro atoms. The summed E-state index contributed by atoms with van der Waals surface area (Å²) in [5.41, 5.74) is 2.75. The van der Waals surface area contributed by atoms with Gasteiger partial charge in [0.1, 0.15) is 11.6 Å². The first-order valence-electron chi connectivity index (χ1n) is 10.4. The number of anilines is 1. The van der Waals surface area contributed by atoms with Crippen molar-refractivity contribution in [1.29, 1.82) is 0 Å². The van der Waals surface area contributed by atoms with Gasteiger partial charge in [-0.25, -0.2) is 4.39 Å². The Morgan fingerprint density at radius 3 is 2.12 bits per heavy atom. The van der Waals surface area contributed by atoms with E-state index in [1.807, 2.05) is 55.7 Å². The minimum absolute atomic E-state index is 0.0109. The Hall–Kier alpha value is -3.25. The number of aliphatic hydroxyl groups is 1. The van der Waals surface area contributed by atoms with E-state index in [4.69, 9.17) is 17.0 Å². The third-order valence-electron chi connectivity index (χ3n) is 4.93. The van der Waals surface area contributed by atoms with Crippen molar-refractivity contribution in [2.45, 2.75) is 33.1 Å². The molecule has 0 saturated heterocycles. The maximum Gasteiger partial charge on any atom is 0.288 e. The van der Waals surface area contributed by atoms with E-state index in [1.165, 1.54) is 24.3 Å². The number of thiocarbonyl (C=S) groups is 1. The van der Waals surface area contributed by atoms with Gasteiger partial charge in [-0.15, -0.1) is 0 Å². The highest BCUT2D eigenvalue weighted by Gasteiger charge is 2.25. The number of ether oxygens (including phenoxy) is 1. The molecule has 0 unspecified atom stereocenters. The molecule has 0 amide bonds. The number of halogens is 1. The molecule has 1 aromatic heterocycles. The first kappa shape index (κ1) is 23.4. The first-order chi connectivity index (χ1) is 15.2. The van der Waals surface area contributed by atoms with Gasteiger partial charge in [-0.05, 0) is 66.4 Å². The fraction of sp³-hybridized carbons (Fsp3) is 0.231. The molecule has 0 atom stereocenters. The van der Waals surface area contributed by atoms with Gasteiger partial charge >= 0.3 is 0 Å². The molecule has 6 heteroatoms. The molecular weight excluding hydrogens is 423 g/mol. The molecule has 32 heavy (non-hydrogen) atoms. The summed E-state index contributed by atoms with van der Waals surface area (Å²) in [5, 5.41) is 14.3. The summed E-state index contributed by atoms with van der Waals surface area (Å²) in [4.78, 5) is 0.324. The van der Waals surface area contributed by atoms with Crippen molar-refractivity contribution in [1.82, 2.24) is 0 Å². The van der Waals surface area contributed by atoms with Crippen LogP contribution >= 0.6 is 12.2 Å². The second kappa shape index (κ2) is 9.92. The van der Waals surface area contributed by atoms with E-state index in [0.29, 0.717) is 22.9 Å². The third kappa shape index (κ3) is 5.71. The molecular formula is C26H28FN2O2S+. The lowest BCUT2D eigenvalue weighted by atomic mass is 9.88. The minimum Gasteiger partial charge on any atom is -0.502 e. The highest BCUT2D eigenvalue weighted by molar-refractivity contribution is 7.81. The summed E-state index contributed by atoms with van der Waals surface area (Å²) in [7, 11) is 0. The number of aliphatic hydroxyl groups excluding tert-OH is 1. The monoisotopic (exact) mass is 451 g/mol. The maximum absolute atomic E-state index is 13.4. The highest BCUT2D eigenvalue weighted by Crippen LogP contribution is 2.23. The Morgan fingerprint density at radius 2 is 1.59 bits per heavy atom. The number of pyridine rings is 1. The Balaban J connectivity index is 2.00. The summed E-state index contributed by atoms with van der Waals surface area (Å²) in [6.07, 6.45) is 3.73. The zero-order valence-electron chi connectivity index (χ0n) is 18.7. The van der Waals surface area contributed by atoms with Crippen LogP contribution in [-0.4, -0.2) is 16.7 Å². The van der Waals surface area contributed by atoms with Crippen LogP contribution in [0.2, 0.25) is 0 Å². The van der Waals surface area contributed by atoms with Crippen molar-refractivity contribution >= 4 is 34.3 Å². The van der Waals surface area contributed by atoms with E-state index in [0.717, 1.165) is 17.0 Å². The summed E-state index contributed by atoms with van der Waals surface area (Å²) < 4.78 is 20.7. The molecule has 0 bridgehead atoms. The lowest BCUT2D eigenvalue weighted by Crippen LogP contribution is -2.39. The SMILES string of the molecule is CCOc1ccc(NC(=S)C(=C(O)c2ccc(F)cc2)[n+]2ccc(C(C)(C)C)cc2)cc1. The summed E-state index contributed by atoms with van der Waals surface area (Å²) in [6, 6.07) is 17.1. The number of hydrogen-bond donors (Lipinski definition) is 2. The van der Waals surface area contributed by atoms with Crippen LogP contribution in [0.1, 0.15) is 38.8 Å². The quantitative estimate of drug-likeness (QED) is 0.205. The summed E-state index contributed by atoms with van der Waals surface area (Å²) in [6.45, 7) is 8.93. The number of nitrogens with zero attached hydrogens (tertiary/aromatic N) is 1. The van der Waals surface area contributed by atoms with E-state index < -0.39 is 0 Å². The van der Waals surface area contributed by atoms with Crippen LogP contribution in [0.4, 0.5) is 10.1 Å². The van der Waals surface area contributed by atoms with Crippen molar-refractivity contribution in [2.24, 2.45) is 0 Å². The van der Waals surface area contributed by atoms with Crippen LogP contribution in [0.15, 0.2) is 73.1 Å². The predicted molar refractivity (Wildman–Crippen MR) is 131 cm³/mol. The third-order valence-corrected chi connectivity index (χ3v) is 5.23. The van der Waals surface area contributed by atoms with Gasteiger partial charge in [0.15, 0.2) is 23.1 Å². The molecule has 0 fully saturated rings.